The number of hydrogen-bond donors (Lipinski definition) is 1. The van der Waals surface area contributed by atoms with Crippen LogP contribution in [0.4, 0.5) is 0 Å². The van der Waals surface area contributed by atoms with Crippen molar-refractivity contribution in [2.45, 2.75) is 46.1 Å². The van der Waals surface area contributed by atoms with Gasteiger partial charge in [-0.05, 0) is 42.6 Å². The van der Waals surface area contributed by atoms with Gasteiger partial charge in [0.2, 0.25) is 0 Å². The van der Waals surface area contributed by atoms with Crippen molar-refractivity contribution in [1.29, 1.82) is 0 Å². The number of halogens is 1. The molecule has 0 heterocycles. The molecule has 3 heteroatoms. The van der Waals surface area contributed by atoms with Crippen LogP contribution in [0.2, 0.25) is 5.02 Å². The largest absolute Gasteiger partial charge is 0.496 e. The Hall–Kier alpha value is -0.730. The molecule has 1 aromatic carbocycles. The molecule has 0 spiro atoms. The average molecular weight is 284 g/mol. The fourth-order valence-corrected chi connectivity index (χ4v) is 2.86. The first-order chi connectivity index (χ1) is 9.15. The van der Waals surface area contributed by atoms with E-state index in [2.05, 4.69) is 26.1 Å². The van der Waals surface area contributed by atoms with E-state index in [1.54, 1.807) is 7.11 Å². The summed E-state index contributed by atoms with van der Waals surface area (Å²) in [6.45, 7) is 7.66. The van der Waals surface area contributed by atoms with Crippen LogP contribution in [-0.4, -0.2) is 19.7 Å². The molecule has 0 aliphatic rings. The Morgan fingerprint density at radius 2 is 1.89 bits per heavy atom. The van der Waals surface area contributed by atoms with Crippen LogP contribution in [0.15, 0.2) is 18.2 Å². The second-order valence-electron chi connectivity index (χ2n) is 4.90. The maximum absolute atomic E-state index is 6.11. The van der Waals surface area contributed by atoms with Gasteiger partial charge in [-0.3, -0.25) is 0 Å². The second kappa shape index (κ2) is 8.44. The van der Waals surface area contributed by atoms with Crippen molar-refractivity contribution < 1.29 is 4.74 Å². The highest BCUT2D eigenvalue weighted by atomic mass is 35.5. The van der Waals surface area contributed by atoms with Crippen molar-refractivity contribution in [1.82, 2.24) is 5.32 Å². The maximum atomic E-state index is 6.11. The smallest absolute Gasteiger partial charge is 0.122 e. The molecule has 2 nitrogen and oxygen atoms in total. The van der Waals surface area contributed by atoms with Crippen molar-refractivity contribution in [3.05, 3.63) is 28.8 Å². The fourth-order valence-electron chi connectivity index (χ4n) is 2.67. The molecule has 0 radical (unpaired) electrons. The van der Waals surface area contributed by atoms with Gasteiger partial charge in [-0.25, -0.2) is 0 Å². The Labute approximate surface area is 122 Å². The maximum Gasteiger partial charge on any atom is 0.122 e. The molecule has 1 rings (SSSR count). The van der Waals surface area contributed by atoms with E-state index in [-0.39, 0.29) is 0 Å². The molecule has 0 aliphatic carbocycles. The lowest BCUT2D eigenvalue weighted by Crippen LogP contribution is -2.37. The molecule has 108 valence electrons. The number of methoxy groups -OCH3 is 1. The zero-order valence-corrected chi connectivity index (χ0v) is 13.3. The Morgan fingerprint density at radius 1 is 1.21 bits per heavy atom. The number of ether oxygens (including phenoxy) is 1. The first-order valence-electron chi connectivity index (χ1n) is 7.21. The summed E-state index contributed by atoms with van der Waals surface area (Å²) in [4.78, 5) is 0. The van der Waals surface area contributed by atoms with Crippen molar-refractivity contribution in [2.75, 3.05) is 13.7 Å². The van der Waals surface area contributed by atoms with Gasteiger partial charge in [0.1, 0.15) is 5.75 Å². The summed E-state index contributed by atoms with van der Waals surface area (Å²) in [5.74, 6) is 1.61. The van der Waals surface area contributed by atoms with Crippen LogP contribution in [0.25, 0.3) is 0 Å². The molecule has 0 fully saturated rings. The number of rotatable bonds is 8. The van der Waals surface area contributed by atoms with Gasteiger partial charge in [0.05, 0.1) is 7.11 Å². The van der Waals surface area contributed by atoms with Crippen LogP contribution in [-0.2, 0) is 6.42 Å². The summed E-state index contributed by atoms with van der Waals surface area (Å²) in [6, 6.07) is 6.33. The summed E-state index contributed by atoms with van der Waals surface area (Å²) in [7, 11) is 1.71. The van der Waals surface area contributed by atoms with E-state index >= 15 is 0 Å². The highest BCUT2D eigenvalue weighted by Gasteiger charge is 2.19. The molecule has 1 atom stereocenters. The lowest BCUT2D eigenvalue weighted by atomic mass is 9.89. The van der Waals surface area contributed by atoms with E-state index in [0.717, 1.165) is 23.7 Å². The van der Waals surface area contributed by atoms with E-state index in [1.807, 2.05) is 18.2 Å². The number of benzene rings is 1. The number of likely N-dealkylation sites (N-methyl/N-ethyl adjacent to an activating group) is 1. The molecular weight excluding hydrogens is 258 g/mol. The van der Waals surface area contributed by atoms with Gasteiger partial charge in [-0.2, -0.15) is 0 Å². The molecule has 0 saturated heterocycles. The molecule has 1 N–H and O–H groups in total. The molecule has 19 heavy (non-hydrogen) atoms. The summed E-state index contributed by atoms with van der Waals surface area (Å²) in [5, 5.41) is 4.38. The van der Waals surface area contributed by atoms with Gasteiger partial charge >= 0.3 is 0 Å². The van der Waals surface area contributed by atoms with Gasteiger partial charge in [0, 0.05) is 11.1 Å². The lowest BCUT2D eigenvalue weighted by Gasteiger charge is -2.27. The van der Waals surface area contributed by atoms with E-state index in [9.17, 15) is 0 Å². The zero-order valence-electron chi connectivity index (χ0n) is 12.5. The highest BCUT2D eigenvalue weighted by Crippen LogP contribution is 2.26. The third kappa shape index (κ3) is 4.70. The van der Waals surface area contributed by atoms with Gasteiger partial charge in [0.25, 0.3) is 0 Å². The zero-order chi connectivity index (χ0) is 14.3. The third-order valence-corrected chi connectivity index (χ3v) is 4.00. The standard InChI is InChI=1S/C16H26ClNO/c1-5-12(6-2)15(18-7-3)11-13-10-14(17)8-9-16(13)19-4/h8-10,12,15,18H,5-7,11H2,1-4H3. The Balaban J connectivity index is 2.91. The van der Waals surface area contributed by atoms with Crippen molar-refractivity contribution in [2.24, 2.45) is 5.92 Å². The van der Waals surface area contributed by atoms with Crippen LogP contribution < -0.4 is 10.1 Å². The first-order valence-corrected chi connectivity index (χ1v) is 7.59. The second-order valence-corrected chi connectivity index (χ2v) is 5.34. The van der Waals surface area contributed by atoms with E-state index < -0.39 is 0 Å². The van der Waals surface area contributed by atoms with Crippen molar-refractivity contribution in [3.8, 4) is 5.75 Å². The van der Waals surface area contributed by atoms with Crippen molar-refractivity contribution in [3.63, 3.8) is 0 Å². The minimum absolute atomic E-state index is 0.479. The monoisotopic (exact) mass is 283 g/mol. The predicted molar refractivity (Wildman–Crippen MR) is 83.2 cm³/mol. The highest BCUT2D eigenvalue weighted by molar-refractivity contribution is 6.30. The summed E-state index contributed by atoms with van der Waals surface area (Å²) >= 11 is 6.11. The van der Waals surface area contributed by atoms with Crippen LogP contribution in [0.3, 0.4) is 0 Å². The minimum atomic E-state index is 0.479. The van der Waals surface area contributed by atoms with Gasteiger partial charge in [0.15, 0.2) is 0 Å². The Kier molecular flexibility index (Phi) is 7.25. The Morgan fingerprint density at radius 3 is 2.42 bits per heavy atom. The third-order valence-electron chi connectivity index (χ3n) is 3.77. The summed E-state index contributed by atoms with van der Waals surface area (Å²) < 4.78 is 5.44. The molecule has 0 aromatic heterocycles. The molecule has 0 saturated carbocycles. The van der Waals surface area contributed by atoms with Crippen LogP contribution in [0.5, 0.6) is 5.75 Å². The van der Waals surface area contributed by atoms with Crippen LogP contribution in [0, 0.1) is 5.92 Å². The number of hydrogen-bond acceptors (Lipinski definition) is 2. The molecule has 1 unspecified atom stereocenters. The van der Waals surface area contributed by atoms with E-state index in [0.29, 0.717) is 12.0 Å². The van der Waals surface area contributed by atoms with Gasteiger partial charge < -0.3 is 10.1 Å². The molecule has 0 bridgehead atoms. The summed E-state index contributed by atoms with van der Waals surface area (Å²) in [5.41, 5.74) is 1.19. The van der Waals surface area contributed by atoms with Crippen LogP contribution in [0.1, 0.15) is 39.2 Å². The van der Waals surface area contributed by atoms with Crippen molar-refractivity contribution >= 4 is 11.6 Å². The lowest BCUT2D eigenvalue weighted by molar-refractivity contribution is 0.331. The quantitative estimate of drug-likeness (QED) is 0.768. The van der Waals surface area contributed by atoms with E-state index in [1.165, 1.54) is 18.4 Å². The van der Waals surface area contributed by atoms with Gasteiger partial charge in [-0.1, -0.05) is 45.2 Å². The normalized spacial score (nSPS) is 12.7. The van der Waals surface area contributed by atoms with E-state index in [4.69, 9.17) is 16.3 Å². The fraction of sp³-hybridized carbons (Fsp3) is 0.625. The minimum Gasteiger partial charge on any atom is -0.496 e. The van der Waals surface area contributed by atoms with Gasteiger partial charge in [-0.15, -0.1) is 0 Å². The number of nitrogens with one attached hydrogen (secondary N) is 1. The molecule has 0 amide bonds. The van der Waals surface area contributed by atoms with Crippen LogP contribution >= 0.6 is 11.6 Å². The average Bonchev–Trinajstić information content (AvgIpc) is 2.40. The summed E-state index contributed by atoms with van der Waals surface area (Å²) in [6.07, 6.45) is 3.35. The molecule has 1 aromatic rings. The topological polar surface area (TPSA) is 21.3 Å². The predicted octanol–water partition coefficient (Wildman–Crippen LogP) is 4.31. The SMILES string of the molecule is CCNC(Cc1cc(Cl)ccc1OC)C(CC)CC. The first kappa shape index (κ1) is 16.3. The molecule has 0 aliphatic heterocycles. The Bertz CT molecular complexity index is 377. The molecular formula is C16H26ClNO.